The summed E-state index contributed by atoms with van der Waals surface area (Å²) in [6.07, 6.45) is -0.329. The number of carbonyl (C=O) groups is 1. The van der Waals surface area contributed by atoms with E-state index in [1.807, 2.05) is 0 Å². The zero-order chi connectivity index (χ0) is 23.2. The molecule has 1 aromatic carbocycles. The maximum Gasteiger partial charge on any atom is 0.338 e. The van der Waals surface area contributed by atoms with Crippen molar-refractivity contribution in [2.24, 2.45) is 10.7 Å². The van der Waals surface area contributed by atoms with Gasteiger partial charge in [-0.05, 0) is 62.9 Å². The molecule has 0 bridgehead atoms. The molecule has 2 aromatic rings. The normalized spacial score (nSPS) is 18.1. The van der Waals surface area contributed by atoms with Crippen molar-refractivity contribution in [2.75, 3.05) is 0 Å². The molecule has 0 saturated carbocycles. The van der Waals surface area contributed by atoms with Crippen molar-refractivity contribution in [1.82, 2.24) is 4.90 Å². The zero-order valence-electron chi connectivity index (χ0n) is 17.3. The lowest BCUT2D eigenvalue weighted by Crippen LogP contribution is -2.38. The van der Waals surface area contributed by atoms with Crippen LogP contribution in [-0.4, -0.2) is 22.1 Å². The Hall–Kier alpha value is -2.86. The molecular weight excluding hydrogens is 471 g/mol. The molecule has 10 heteroatoms. The summed E-state index contributed by atoms with van der Waals surface area (Å²) in [4.78, 5) is 19.5. The van der Waals surface area contributed by atoms with E-state index < -0.39 is 12.0 Å². The average Bonchev–Trinajstić information content (AvgIpc) is 3.31. The van der Waals surface area contributed by atoms with Gasteiger partial charge in [-0.25, -0.2) is 9.79 Å². The number of benzene rings is 1. The lowest BCUT2D eigenvalue weighted by Gasteiger charge is -2.33. The third-order valence-electron chi connectivity index (χ3n) is 4.83. The standard InChI is InChI=1S/C22H18Cl2N4O3S/c1-10(2)30-21(29)18-11(3)27-22-28(20(26)17(9-25)32-22)19(18)16-7-6-15(31-16)13-5-4-12(23)8-14(13)24/h4-8,10,19H,26H2,1-3H3/t19-/m1/s1. The molecule has 0 amide bonds. The lowest BCUT2D eigenvalue weighted by molar-refractivity contribution is -0.143. The number of aliphatic imine (C=N–C) groups is 1. The SMILES string of the molecule is CC1=C(C(=O)OC(C)C)[C@@H](c2ccc(-c3ccc(Cl)cc3Cl)o2)N2C(=N1)SC(C#N)=C2N. The van der Waals surface area contributed by atoms with E-state index in [0.717, 1.165) is 11.8 Å². The molecule has 164 valence electrons. The Bertz CT molecular complexity index is 1260. The maximum atomic E-state index is 13.0. The molecule has 7 nitrogen and oxygen atoms in total. The van der Waals surface area contributed by atoms with Gasteiger partial charge in [0.1, 0.15) is 34.4 Å². The van der Waals surface area contributed by atoms with E-state index >= 15 is 0 Å². The molecule has 0 unspecified atom stereocenters. The average molecular weight is 489 g/mol. The fourth-order valence-electron chi connectivity index (χ4n) is 3.48. The highest BCUT2D eigenvalue weighted by molar-refractivity contribution is 8.17. The van der Waals surface area contributed by atoms with Gasteiger partial charge in [0, 0.05) is 10.6 Å². The van der Waals surface area contributed by atoms with Crippen LogP contribution < -0.4 is 5.73 Å². The number of esters is 1. The molecule has 0 saturated heterocycles. The Labute approximate surface area is 199 Å². The van der Waals surface area contributed by atoms with Crippen molar-refractivity contribution in [3.8, 4) is 17.4 Å². The summed E-state index contributed by atoms with van der Waals surface area (Å²) in [7, 11) is 0. The number of halogens is 2. The molecular formula is C22H18Cl2N4O3S. The lowest BCUT2D eigenvalue weighted by atomic mass is 9.99. The highest BCUT2D eigenvalue weighted by Crippen LogP contribution is 2.46. The summed E-state index contributed by atoms with van der Waals surface area (Å²) in [6, 6.07) is 9.90. The van der Waals surface area contributed by atoms with E-state index in [-0.39, 0.29) is 17.5 Å². The summed E-state index contributed by atoms with van der Waals surface area (Å²) >= 11 is 13.5. The van der Waals surface area contributed by atoms with Crippen LogP contribution in [0.3, 0.4) is 0 Å². The number of nitriles is 1. The van der Waals surface area contributed by atoms with E-state index in [4.69, 9.17) is 38.1 Å². The molecule has 4 rings (SSSR count). The number of nitrogens with zero attached hydrogens (tertiary/aromatic N) is 3. The quantitative estimate of drug-likeness (QED) is 0.558. The Morgan fingerprint density at radius 2 is 2.09 bits per heavy atom. The number of fused-ring (bicyclic) bond motifs is 1. The minimum Gasteiger partial charge on any atom is -0.459 e. The minimum atomic E-state index is -0.757. The van der Waals surface area contributed by atoms with Crippen LogP contribution in [0.2, 0.25) is 10.0 Å². The molecule has 0 fully saturated rings. The third kappa shape index (κ3) is 3.88. The van der Waals surface area contributed by atoms with Gasteiger partial charge >= 0.3 is 5.97 Å². The number of hydrogen-bond acceptors (Lipinski definition) is 8. The number of thioether (sulfide) groups is 1. The molecule has 1 aromatic heterocycles. The fourth-order valence-corrected chi connectivity index (χ4v) is 4.90. The van der Waals surface area contributed by atoms with Crippen molar-refractivity contribution in [3.05, 3.63) is 68.1 Å². The van der Waals surface area contributed by atoms with Gasteiger partial charge in [-0.1, -0.05) is 23.2 Å². The summed E-state index contributed by atoms with van der Waals surface area (Å²) < 4.78 is 11.6. The molecule has 3 heterocycles. The number of rotatable bonds is 4. The van der Waals surface area contributed by atoms with Gasteiger partial charge in [0.15, 0.2) is 5.17 Å². The number of allylic oxidation sites excluding steroid dienone is 2. The number of hydrogen-bond donors (Lipinski definition) is 1. The first-order chi connectivity index (χ1) is 15.2. The number of ether oxygens (including phenoxy) is 1. The van der Waals surface area contributed by atoms with Crippen molar-refractivity contribution < 1.29 is 13.9 Å². The van der Waals surface area contributed by atoms with Gasteiger partial charge < -0.3 is 14.9 Å². The Morgan fingerprint density at radius 1 is 1.34 bits per heavy atom. The smallest absolute Gasteiger partial charge is 0.338 e. The monoisotopic (exact) mass is 488 g/mol. The highest BCUT2D eigenvalue weighted by Gasteiger charge is 2.44. The van der Waals surface area contributed by atoms with Crippen LogP contribution in [-0.2, 0) is 9.53 Å². The number of carbonyl (C=O) groups excluding carboxylic acids is 1. The van der Waals surface area contributed by atoms with Crippen molar-refractivity contribution in [1.29, 1.82) is 5.26 Å². The first-order valence-electron chi connectivity index (χ1n) is 9.63. The Morgan fingerprint density at radius 3 is 2.75 bits per heavy atom. The van der Waals surface area contributed by atoms with E-state index in [1.54, 1.807) is 56.0 Å². The summed E-state index contributed by atoms with van der Waals surface area (Å²) in [5.74, 6) is 0.591. The van der Waals surface area contributed by atoms with Crippen LogP contribution in [0.25, 0.3) is 11.3 Å². The topological polar surface area (TPSA) is 105 Å². The molecule has 0 radical (unpaired) electrons. The van der Waals surface area contributed by atoms with Crippen LogP contribution in [0.15, 0.2) is 61.7 Å². The van der Waals surface area contributed by atoms with Crippen LogP contribution in [0.4, 0.5) is 0 Å². The first-order valence-corrected chi connectivity index (χ1v) is 11.2. The molecule has 2 aliphatic rings. The molecule has 1 atom stereocenters. The predicted octanol–water partition coefficient (Wildman–Crippen LogP) is 5.59. The number of nitrogens with two attached hydrogens (primary N) is 1. The van der Waals surface area contributed by atoms with Crippen LogP contribution in [0.1, 0.15) is 32.6 Å². The predicted molar refractivity (Wildman–Crippen MR) is 125 cm³/mol. The van der Waals surface area contributed by atoms with Crippen molar-refractivity contribution in [3.63, 3.8) is 0 Å². The van der Waals surface area contributed by atoms with Crippen LogP contribution in [0.5, 0.6) is 0 Å². The van der Waals surface area contributed by atoms with Crippen molar-refractivity contribution >= 4 is 46.1 Å². The molecule has 32 heavy (non-hydrogen) atoms. The second-order valence-electron chi connectivity index (χ2n) is 7.37. The zero-order valence-corrected chi connectivity index (χ0v) is 19.7. The first kappa shape index (κ1) is 22.3. The van der Waals surface area contributed by atoms with Crippen LogP contribution in [0, 0.1) is 11.3 Å². The van der Waals surface area contributed by atoms with E-state index in [1.165, 1.54) is 0 Å². The molecule has 0 spiro atoms. The van der Waals surface area contributed by atoms with Gasteiger partial charge in [-0.15, -0.1) is 0 Å². The maximum absolute atomic E-state index is 13.0. The van der Waals surface area contributed by atoms with Gasteiger partial charge in [-0.2, -0.15) is 5.26 Å². The van der Waals surface area contributed by atoms with E-state index in [9.17, 15) is 10.1 Å². The Kier molecular flexibility index (Phi) is 5.99. The fraction of sp³-hybridized carbons (Fsp3) is 0.227. The van der Waals surface area contributed by atoms with E-state index in [2.05, 4.69) is 11.1 Å². The van der Waals surface area contributed by atoms with Crippen LogP contribution >= 0.6 is 35.0 Å². The largest absolute Gasteiger partial charge is 0.459 e. The highest BCUT2D eigenvalue weighted by atomic mass is 35.5. The van der Waals surface area contributed by atoms with Gasteiger partial charge in [0.2, 0.25) is 0 Å². The van der Waals surface area contributed by atoms with Gasteiger partial charge in [0.25, 0.3) is 0 Å². The second kappa shape index (κ2) is 8.58. The molecule has 2 N–H and O–H groups in total. The minimum absolute atomic E-state index is 0.200. The number of furan rings is 1. The van der Waals surface area contributed by atoms with Gasteiger partial charge in [-0.3, -0.25) is 4.90 Å². The third-order valence-corrected chi connectivity index (χ3v) is 6.36. The summed E-state index contributed by atoms with van der Waals surface area (Å²) in [5.41, 5.74) is 7.67. The second-order valence-corrected chi connectivity index (χ2v) is 9.20. The summed E-state index contributed by atoms with van der Waals surface area (Å²) in [6.45, 7) is 5.25. The van der Waals surface area contributed by atoms with E-state index in [0.29, 0.717) is 42.9 Å². The molecule has 2 aliphatic heterocycles. The van der Waals surface area contributed by atoms with Gasteiger partial charge in [0.05, 0.1) is 22.4 Å². The summed E-state index contributed by atoms with van der Waals surface area (Å²) in [5, 5.41) is 10.9. The molecule has 0 aliphatic carbocycles. The van der Waals surface area contributed by atoms with Crippen molar-refractivity contribution in [2.45, 2.75) is 32.9 Å². The Balaban J connectivity index is 1.84. The number of amidine groups is 1.